The second-order valence-electron chi connectivity index (χ2n) is 5.61. The second kappa shape index (κ2) is 3.35. The Bertz CT molecular complexity index is 393. The highest BCUT2D eigenvalue weighted by atomic mass is 79.9. The molecular formula is C12H14Br2O3. The zero-order valence-corrected chi connectivity index (χ0v) is 12.5. The van der Waals surface area contributed by atoms with Gasteiger partial charge < -0.3 is 9.47 Å². The summed E-state index contributed by atoms with van der Waals surface area (Å²) < 4.78 is 11.8. The number of carbonyl (C=O) groups excluding carboxylic acids is 1. The maximum Gasteiger partial charge on any atom is 0.187 e. The van der Waals surface area contributed by atoms with Crippen molar-refractivity contribution in [2.75, 3.05) is 13.2 Å². The molecule has 1 spiro atoms. The van der Waals surface area contributed by atoms with Crippen molar-refractivity contribution in [3.05, 3.63) is 0 Å². The number of hydrogen-bond acceptors (Lipinski definition) is 3. The van der Waals surface area contributed by atoms with Gasteiger partial charge in [0.1, 0.15) is 5.78 Å². The van der Waals surface area contributed by atoms with Gasteiger partial charge in [0, 0.05) is 11.8 Å². The highest BCUT2D eigenvalue weighted by Crippen LogP contribution is 2.71. The number of Topliss-reactive ketones (excluding diaryl/α,β-unsaturated/α-hetero) is 1. The zero-order valence-electron chi connectivity index (χ0n) is 9.33. The molecule has 1 saturated heterocycles. The molecule has 1 heterocycles. The summed E-state index contributed by atoms with van der Waals surface area (Å²) in [7, 11) is 0. The van der Waals surface area contributed by atoms with Gasteiger partial charge in [-0.3, -0.25) is 4.79 Å². The highest BCUT2D eigenvalue weighted by molar-refractivity contribution is 9.10. The average Bonchev–Trinajstić information content (AvgIpc) is 2.99. The first-order valence-corrected chi connectivity index (χ1v) is 7.96. The maximum absolute atomic E-state index is 12.3. The van der Waals surface area contributed by atoms with E-state index >= 15 is 0 Å². The molecular weight excluding hydrogens is 352 g/mol. The number of ketones is 1. The number of alkyl halides is 2. The van der Waals surface area contributed by atoms with E-state index in [0.717, 1.165) is 19.3 Å². The van der Waals surface area contributed by atoms with Gasteiger partial charge >= 0.3 is 0 Å². The molecule has 1 aliphatic heterocycles. The quantitative estimate of drug-likeness (QED) is 0.617. The van der Waals surface area contributed by atoms with Crippen LogP contribution in [-0.4, -0.2) is 33.9 Å². The number of rotatable bonds is 0. The molecule has 3 aliphatic carbocycles. The Morgan fingerprint density at radius 3 is 2.59 bits per heavy atom. The maximum atomic E-state index is 12.3. The minimum atomic E-state index is -0.509. The summed E-state index contributed by atoms with van der Waals surface area (Å²) in [5.74, 6) is 0.608. The van der Waals surface area contributed by atoms with E-state index in [0.29, 0.717) is 24.9 Å². The Kier molecular flexibility index (Phi) is 2.24. The zero-order chi connectivity index (χ0) is 11.8. The standard InChI is InChI=1S/C12H14Br2O3/c13-8-5-7-9(10(8)15)6-1-2-11(7,14)12(6)16-3-4-17-12/h6-9H,1-5H2/t6-,7-,8-,9-,11+/m1/s1. The molecule has 5 heteroatoms. The molecule has 4 aliphatic rings. The van der Waals surface area contributed by atoms with Gasteiger partial charge in [-0.25, -0.2) is 0 Å². The summed E-state index contributed by atoms with van der Waals surface area (Å²) in [6, 6.07) is 0. The van der Waals surface area contributed by atoms with Crippen LogP contribution in [0.15, 0.2) is 0 Å². The van der Waals surface area contributed by atoms with E-state index in [9.17, 15) is 4.79 Å². The van der Waals surface area contributed by atoms with Crippen LogP contribution in [0.5, 0.6) is 0 Å². The van der Waals surface area contributed by atoms with E-state index in [-0.39, 0.29) is 21.0 Å². The monoisotopic (exact) mass is 364 g/mol. The molecule has 4 rings (SSSR count). The molecule has 4 fully saturated rings. The van der Waals surface area contributed by atoms with Crippen molar-refractivity contribution >= 4 is 37.6 Å². The van der Waals surface area contributed by atoms with Crippen molar-refractivity contribution in [2.24, 2.45) is 17.8 Å². The summed E-state index contributed by atoms with van der Waals surface area (Å²) in [5.41, 5.74) is 0. The van der Waals surface area contributed by atoms with Crippen LogP contribution in [0.1, 0.15) is 19.3 Å². The number of halogens is 2. The van der Waals surface area contributed by atoms with E-state index in [1.54, 1.807) is 0 Å². The highest BCUT2D eigenvalue weighted by Gasteiger charge is 2.78. The first-order chi connectivity index (χ1) is 8.10. The summed E-state index contributed by atoms with van der Waals surface area (Å²) in [5, 5.41) is 0. The Morgan fingerprint density at radius 1 is 1.24 bits per heavy atom. The third-order valence-electron chi connectivity index (χ3n) is 5.16. The van der Waals surface area contributed by atoms with Crippen LogP contribution in [0.2, 0.25) is 0 Å². The van der Waals surface area contributed by atoms with Gasteiger partial charge in [-0.05, 0) is 25.2 Å². The lowest BCUT2D eigenvalue weighted by molar-refractivity contribution is -0.184. The lowest BCUT2D eigenvalue weighted by Crippen LogP contribution is -2.48. The SMILES string of the molecule is O=C1[C@@H]2[C@H]3CC[C@](Br)([C@@H]2C[C@H]1Br)C31OCCO1. The molecule has 3 saturated carbocycles. The van der Waals surface area contributed by atoms with Crippen LogP contribution < -0.4 is 0 Å². The van der Waals surface area contributed by atoms with Gasteiger partial charge in [-0.1, -0.05) is 31.9 Å². The molecule has 0 radical (unpaired) electrons. The van der Waals surface area contributed by atoms with E-state index < -0.39 is 5.79 Å². The number of ether oxygens (including phenoxy) is 2. The number of carbonyl (C=O) groups is 1. The van der Waals surface area contributed by atoms with E-state index in [4.69, 9.17) is 9.47 Å². The van der Waals surface area contributed by atoms with Crippen LogP contribution in [0.3, 0.4) is 0 Å². The van der Waals surface area contributed by atoms with Gasteiger partial charge in [0.25, 0.3) is 0 Å². The molecule has 0 unspecified atom stereocenters. The Labute approximate surface area is 117 Å². The van der Waals surface area contributed by atoms with Crippen molar-refractivity contribution in [1.82, 2.24) is 0 Å². The third kappa shape index (κ3) is 1.10. The number of fused-ring (bicyclic) bond motifs is 3. The Hall–Kier alpha value is 0.550. The smallest absolute Gasteiger partial charge is 0.187 e. The van der Waals surface area contributed by atoms with E-state index in [2.05, 4.69) is 31.9 Å². The first-order valence-electron chi connectivity index (χ1n) is 6.25. The molecule has 17 heavy (non-hydrogen) atoms. The normalized spacial score (nSPS) is 54.8. The van der Waals surface area contributed by atoms with Gasteiger partial charge in [0.15, 0.2) is 5.79 Å². The predicted octanol–water partition coefficient (Wildman–Crippen LogP) is 2.26. The lowest BCUT2D eigenvalue weighted by atomic mass is 9.81. The van der Waals surface area contributed by atoms with Crippen LogP contribution in [0.25, 0.3) is 0 Å². The fraction of sp³-hybridized carbons (Fsp3) is 0.917. The number of hydrogen-bond donors (Lipinski definition) is 0. The third-order valence-corrected chi connectivity index (χ3v) is 7.52. The largest absolute Gasteiger partial charge is 0.346 e. The second-order valence-corrected chi connectivity index (χ2v) is 8.13. The van der Waals surface area contributed by atoms with Gasteiger partial charge in [-0.15, -0.1) is 0 Å². The molecule has 2 bridgehead atoms. The van der Waals surface area contributed by atoms with Gasteiger partial charge in [-0.2, -0.15) is 0 Å². The topological polar surface area (TPSA) is 35.5 Å². The van der Waals surface area contributed by atoms with Crippen molar-refractivity contribution < 1.29 is 14.3 Å². The van der Waals surface area contributed by atoms with E-state index in [1.807, 2.05) is 0 Å². The minimum Gasteiger partial charge on any atom is -0.346 e. The van der Waals surface area contributed by atoms with Crippen LogP contribution >= 0.6 is 31.9 Å². The summed E-state index contributed by atoms with van der Waals surface area (Å²) in [6.07, 6.45) is 3.02. The van der Waals surface area contributed by atoms with Crippen LogP contribution in [-0.2, 0) is 14.3 Å². The molecule has 0 aromatic rings. The molecule has 3 nitrogen and oxygen atoms in total. The summed E-state index contributed by atoms with van der Waals surface area (Å²) >= 11 is 7.42. The van der Waals surface area contributed by atoms with Crippen LogP contribution in [0.4, 0.5) is 0 Å². The lowest BCUT2D eigenvalue weighted by Gasteiger charge is -2.37. The molecule has 0 N–H and O–H groups in total. The summed E-state index contributed by atoms with van der Waals surface area (Å²) in [4.78, 5) is 12.3. The van der Waals surface area contributed by atoms with Crippen molar-refractivity contribution in [3.63, 3.8) is 0 Å². The fourth-order valence-corrected chi connectivity index (χ4v) is 6.55. The average molecular weight is 366 g/mol. The molecule has 0 aromatic heterocycles. The van der Waals surface area contributed by atoms with E-state index in [1.165, 1.54) is 0 Å². The summed E-state index contributed by atoms with van der Waals surface area (Å²) in [6.45, 7) is 1.32. The van der Waals surface area contributed by atoms with Crippen molar-refractivity contribution in [2.45, 2.75) is 34.2 Å². The Balaban J connectivity index is 1.83. The Morgan fingerprint density at radius 2 is 1.94 bits per heavy atom. The molecule has 5 atom stereocenters. The molecule has 0 amide bonds. The molecule has 94 valence electrons. The van der Waals surface area contributed by atoms with Crippen molar-refractivity contribution in [3.8, 4) is 0 Å². The minimum absolute atomic E-state index is 0.0359. The molecule has 0 aromatic carbocycles. The van der Waals surface area contributed by atoms with Gasteiger partial charge in [0.05, 0.1) is 22.4 Å². The van der Waals surface area contributed by atoms with Crippen LogP contribution in [0, 0.1) is 17.8 Å². The first kappa shape index (κ1) is 11.4. The fourth-order valence-electron chi connectivity index (χ4n) is 4.62. The van der Waals surface area contributed by atoms with Gasteiger partial charge in [0.2, 0.25) is 0 Å². The predicted molar refractivity (Wildman–Crippen MR) is 68.3 cm³/mol. The van der Waals surface area contributed by atoms with Crippen molar-refractivity contribution in [1.29, 1.82) is 0 Å².